The van der Waals surface area contributed by atoms with Crippen molar-refractivity contribution in [2.24, 2.45) is 0 Å². The average Bonchev–Trinajstić information content (AvgIpc) is 3.18. The first-order valence-electron chi connectivity index (χ1n) is 11.2. The van der Waals surface area contributed by atoms with E-state index < -0.39 is 8.32 Å². The highest BCUT2D eigenvalue weighted by Gasteiger charge is 2.35. The minimum Gasteiger partial charge on any atom is -0.466 e. The fourth-order valence-corrected chi connectivity index (χ4v) is 7.23. The van der Waals surface area contributed by atoms with E-state index in [1.807, 2.05) is 6.92 Å². The van der Waals surface area contributed by atoms with Gasteiger partial charge in [-0.15, -0.1) is 0 Å². The number of allylic oxidation sites excluding steroid dienone is 1. The fourth-order valence-electron chi connectivity index (χ4n) is 4.36. The first-order valence-corrected chi connectivity index (χ1v) is 13.7. The number of hydrogen-bond donors (Lipinski definition) is 0. The molecule has 1 atom stereocenters. The molecule has 0 bridgehead atoms. The van der Waals surface area contributed by atoms with Crippen molar-refractivity contribution in [3.05, 3.63) is 41.5 Å². The summed E-state index contributed by atoms with van der Waals surface area (Å²) in [5.41, 5.74) is 4.18. The van der Waals surface area contributed by atoms with Gasteiger partial charge in [0.25, 0.3) is 0 Å². The van der Waals surface area contributed by atoms with Gasteiger partial charge in [0.2, 0.25) is 0 Å². The molecule has 3 nitrogen and oxygen atoms in total. The molecule has 156 valence electrons. The van der Waals surface area contributed by atoms with Crippen LogP contribution in [0.25, 0.3) is 5.57 Å². The van der Waals surface area contributed by atoms with Crippen LogP contribution in [0.3, 0.4) is 0 Å². The van der Waals surface area contributed by atoms with Crippen LogP contribution in [0.2, 0.25) is 18.1 Å². The van der Waals surface area contributed by atoms with Gasteiger partial charge in [-0.25, -0.2) is 0 Å². The maximum absolute atomic E-state index is 11.8. The third-order valence-electron chi connectivity index (χ3n) is 6.25. The van der Waals surface area contributed by atoms with Crippen molar-refractivity contribution >= 4 is 19.9 Å². The van der Waals surface area contributed by atoms with Gasteiger partial charge in [-0.3, -0.25) is 4.79 Å². The first-order chi connectivity index (χ1) is 13.6. The second-order valence-electron chi connectivity index (χ2n) is 7.77. The van der Waals surface area contributed by atoms with Crippen LogP contribution in [-0.4, -0.2) is 27.0 Å². The highest BCUT2D eigenvalue weighted by Crippen LogP contribution is 2.39. The molecule has 0 radical (unpaired) electrons. The molecule has 1 fully saturated rings. The highest BCUT2D eigenvalue weighted by atomic mass is 28.4. The summed E-state index contributed by atoms with van der Waals surface area (Å²) in [6, 6.07) is 14.2. The molecule has 1 aliphatic rings. The maximum Gasteiger partial charge on any atom is 0.305 e. The summed E-state index contributed by atoms with van der Waals surface area (Å²) >= 11 is 0. The van der Waals surface area contributed by atoms with Crippen LogP contribution in [0.15, 0.2) is 35.9 Å². The summed E-state index contributed by atoms with van der Waals surface area (Å²) in [6.45, 7) is 9.22. The number of benzene rings is 1. The van der Waals surface area contributed by atoms with E-state index in [0.717, 1.165) is 25.7 Å². The van der Waals surface area contributed by atoms with Crippen LogP contribution in [0.4, 0.5) is 0 Å². The zero-order valence-electron chi connectivity index (χ0n) is 18.3. The van der Waals surface area contributed by atoms with Gasteiger partial charge in [0, 0.05) is 6.42 Å². The molecule has 0 aliphatic heterocycles. The second-order valence-corrected chi connectivity index (χ2v) is 12.5. The summed E-state index contributed by atoms with van der Waals surface area (Å²) in [7, 11) is -1.64. The van der Waals surface area contributed by atoms with E-state index in [1.54, 1.807) is 0 Å². The van der Waals surface area contributed by atoms with Crippen LogP contribution in [0.1, 0.15) is 71.8 Å². The Morgan fingerprint density at radius 1 is 1.04 bits per heavy atom. The number of carbonyl (C=O) groups is 1. The smallest absolute Gasteiger partial charge is 0.305 e. The van der Waals surface area contributed by atoms with Gasteiger partial charge in [0.05, 0.1) is 12.7 Å². The van der Waals surface area contributed by atoms with Crippen LogP contribution in [0.5, 0.6) is 0 Å². The quantitative estimate of drug-likeness (QED) is 0.303. The first kappa shape index (κ1) is 22.9. The zero-order valence-corrected chi connectivity index (χ0v) is 19.3. The van der Waals surface area contributed by atoms with Gasteiger partial charge in [0.15, 0.2) is 8.32 Å². The van der Waals surface area contributed by atoms with Crippen LogP contribution < -0.4 is 0 Å². The molecule has 0 aromatic heterocycles. The fraction of sp³-hybridized carbons (Fsp3) is 0.625. The predicted molar refractivity (Wildman–Crippen MR) is 120 cm³/mol. The normalized spacial score (nSPS) is 18.9. The molecule has 0 saturated heterocycles. The molecular weight excluding hydrogens is 364 g/mol. The summed E-state index contributed by atoms with van der Waals surface area (Å²) in [5.74, 6) is -0.0893. The minimum atomic E-state index is -1.64. The van der Waals surface area contributed by atoms with E-state index in [-0.39, 0.29) is 12.1 Å². The molecule has 0 spiro atoms. The molecule has 1 unspecified atom stereocenters. The van der Waals surface area contributed by atoms with E-state index in [4.69, 9.17) is 9.16 Å². The maximum atomic E-state index is 11.8. The molecule has 1 aromatic rings. The highest BCUT2D eigenvalue weighted by molar-refractivity contribution is 6.73. The summed E-state index contributed by atoms with van der Waals surface area (Å²) in [4.78, 5) is 11.8. The van der Waals surface area contributed by atoms with Gasteiger partial charge < -0.3 is 9.16 Å². The number of ether oxygens (including phenoxy) is 1. The average molecular weight is 403 g/mol. The molecule has 0 heterocycles. The Hall–Kier alpha value is -1.39. The Labute approximate surface area is 172 Å². The molecule has 2 rings (SSSR count). The summed E-state index contributed by atoms with van der Waals surface area (Å²) < 4.78 is 12.0. The Bertz CT molecular complexity index is 626. The SMILES string of the molecule is CCOC(=O)CCC/C(=C1/CCCC1O[Si](CC)(CC)CC)c1ccccc1. The third-order valence-corrected chi connectivity index (χ3v) is 10.9. The lowest BCUT2D eigenvalue weighted by Crippen LogP contribution is -2.39. The van der Waals surface area contributed by atoms with Crippen LogP contribution in [-0.2, 0) is 14.0 Å². The molecule has 0 N–H and O–H groups in total. The third kappa shape index (κ3) is 6.05. The van der Waals surface area contributed by atoms with E-state index in [0.29, 0.717) is 13.0 Å². The topological polar surface area (TPSA) is 35.5 Å². The van der Waals surface area contributed by atoms with Gasteiger partial charge in [-0.1, -0.05) is 51.1 Å². The van der Waals surface area contributed by atoms with Gasteiger partial charge in [0.1, 0.15) is 0 Å². The molecule has 0 amide bonds. The number of rotatable bonds is 11. The summed E-state index contributed by atoms with van der Waals surface area (Å²) in [6.07, 6.45) is 5.96. The number of carbonyl (C=O) groups excluding carboxylic acids is 1. The molecule has 4 heteroatoms. The van der Waals surface area contributed by atoms with Crippen molar-refractivity contribution in [2.75, 3.05) is 6.61 Å². The van der Waals surface area contributed by atoms with Crippen molar-refractivity contribution in [1.29, 1.82) is 0 Å². The van der Waals surface area contributed by atoms with Crippen molar-refractivity contribution in [2.45, 2.75) is 90.5 Å². The lowest BCUT2D eigenvalue weighted by Gasteiger charge is -2.33. The van der Waals surface area contributed by atoms with E-state index in [2.05, 4.69) is 51.1 Å². The monoisotopic (exact) mass is 402 g/mol. The van der Waals surface area contributed by atoms with Gasteiger partial charge >= 0.3 is 5.97 Å². The lowest BCUT2D eigenvalue weighted by atomic mass is 9.93. The zero-order chi connectivity index (χ0) is 20.4. The van der Waals surface area contributed by atoms with Crippen molar-refractivity contribution < 1.29 is 14.0 Å². The van der Waals surface area contributed by atoms with Crippen LogP contribution >= 0.6 is 0 Å². The van der Waals surface area contributed by atoms with E-state index >= 15 is 0 Å². The van der Waals surface area contributed by atoms with E-state index in [9.17, 15) is 4.79 Å². The number of hydrogen-bond acceptors (Lipinski definition) is 3. The standard InChI is InChI=1S/C24H38O3Si/c1-5-26-24(25)19-13-16-21(20-14-10-9-11-15-20)22-17-12-18-23(22)27-28(6-2,7-3)8-4/h9-11,14-15,23H,5-8,12-13,16-19H2,1-4H3/b22-21+. The van der Waals surface area contributed by atoms with Gasteiger partial charge in [-0.05, 0) is 73.9 Å². The molecule has 1 aliphatic carbocycles. The Morgan fingerprint density at radius 2 is 1.71 bits per heavy atom. The minimum absolute atomic E-state index is 0.0893. The Balaban J connectivity index is 2.25. The molecule has 28 heavy (non-hydrogen) atoms. The van der Waals surface area contributed by atoms with Gasteiger partial charge in [-0.2, -0.15) is 0 Å². The number of esters is 1. The van der Waals surface area contributed by atoms with Crippen molar-refractivity contribution in [3.63, 3.8) is 0 Å². The predicted octanol–water partition coefficient (Wildman–Crippen LogP) is 6.75. The summed E-state index contributed by atoms with van der Waals surface area (Å²) in [5, 5.41) is 0. The molecule has 1 aromatic carbocycles. The Kier molecular flexibility index (Phi) is 9.46. The Morgan fingerprint density at radius 3 is 2.32 bits per heavy atom. The molecular formula is C24H38O3Si. The lowest BCUT2D eigenvalue weighted by molar-refractivity contribution is -0.143. The van der Waals surface area contributed by atoms with Crippen molar-refractivity contribution in [1.82, 2.24) is 0 Å². The second kappa shape index (κ2) is 11.6. The van der Waals surface area contributed by atoms with Crippen LogP contribution in [0, 0.1) is 0 Å². The molecule has 1 saturated carbocycles. The largest absolute Gasteiger partial charge is 0.466 e. The van der Waals surface area contributed by atoms with E-state index in [1.165, 1.54) is 41.3 Å². The van der Waals surface area contributed by atoms with Crippen molar-refractivity contribution in [3.8, 4) is 0 Å².